The van der Waals surface area contributed by atoms with Crippen molar-refractivity contribution in [1.82, 2.24) is 20.4 Å². The molecule has 7 heteroatoms. The molecule has 20 heavy (non-hydrogen) atoms. The first-order valence-corrected chi connectivity index (χ1v) is 7.11. The summed E-state index contributed by atoms with van der Waals surface area (Å²) in [5, 5.41) is 7.61. The van der Waals surface area contributed by atoms with Gasteiger partial charge in [-0.2, -0.15) is 0 Å². The fourth-order valence-corrected chi connectivity index (χ4v) is 2.91. The molecule has 1 aliphatic carbocycles. The summed E-state index contributed by atoms with van der Waals surface area (Å²) in [6.45, 7) is 5.73. The van der Waals surface area contributed by atoms with Crippen LogP contribution in [0.15, 0.2) is 6.20 Å². The highest BCUT2D eigenvalue weighted by atomic mass is 16.5. The van der Waals surface area contributed by atoms with Crippen molar-refractivity contribution in [3.63, 3.8) is 0 Å². The molecule has 3 N–H and O–H groups in total. The molecule has 0 aliphatic heterocycles. The van der Waals surface area contributed by atoms with E-state index < -0.39 is 5.91 Å². The summed E-state index contributed by atoms with van der Waals surface area (Å²) < 4.78 is 7.51. The van der Waals surface area contributed by atoms with E-state index in [0.717, 1.165) is 24.7 Å². The van der Waals surface area contributed by atoms with Gasteiger partial charge in [0.1, 0.15) is 0 Å². The van der Waals surface area contributed by atoms with Gasteiger partial charge in [-0.3, -0.25) is 10.2 Å². The summed E-state index contributed by atoms with van der Waals surface area (Å²) in [7, 11) is 0. The summed E-state index contributed by atoms with van der Waals surface area (Å²) in [4.78, 5) is 11.2. The van der Waals surface area contributed by atoms with Gasteiger partial charge in [0.15, 0.2) is 5.69 Å². The predicted molar refractivity (Wildman–Crippen MR) is 73.6 cm³/mol. The molecule has 1 aromatic heterocycles. The molecule has 0 aromatic carbocycles. The normalized spacial score (nSPS) is 26.4. The molecule has 0 spiro atoms. The zero-order valence-electron chi connectivity index (χ0n) is 12.1. The minimum Gasteiger partial charge on any atom is -0.376 e. The van der Waals surface area contributed by atoms with Crippen molar-refractivity contribution in [2.75, 3.05) is 6.61 Å². The quantitative estimate of drug-likeness (QED) is 0.471. The first-order chi connectivity index (χ1) is 9.58. The number of nitrogens with zero attached hydrogens (tertiary/aromatic N) is 3. The summed E-state index contributed by atoms with van der Waals surface area (Å²) >= 11 is 0. The molecule has 1 fully saturated rings. The van der Waals surface area contributed by atoms with Crippen molar-refractivity contribution in [2.45, 2.75) is 45.8 Å². The molecule has 1 amide bonds. The third-order valence-corrected chi connectivity index (χ3v) is 3.71. The lowest BCUT2D eigenvalue weighted by Gasteiger charge is -2.31. The van der Waals surface area contributed by atoms with Gasteiger partial charge in [-0.25, -0.2) is 10.5 Å². The maximum absolute atomic E-state index is 11.2. The lowest BCUT2D eigenvalue weighted by atomic mass is 9.82. The van der Waals surface area contributed by atoms with Crippen LogP contribution in [0.3, 0.4) is 0 Å². The van der Waals surface area contributed by atoms with Crippen LogP contribution in [0.5, 0.6) is 0 Å². The molecule has 2 atom stereocenters. The lowest BCUT2D eigenvalue weighted by molar-refractivity contribution is -0.00346. The van der Waals surface area contributed by atoms with Crippen LogP contribution >= 0.6 is 0 Å². The molecule has 2 rings (SSSR count). The van der Waals surface area contributed by atoms with Gasteiger partial charge in [-0.05, 0) is 31.1 Å². The number of amides is 1. The number of carbonyl (C=O) groups is 1. The Hall–Kier alpha value is -1.47. The zero-order chi connectivity index (χ0) is 14.5. The van der Waals surface area contributed by atoms with Crippen LogP contribution in [0.4, 0.5) is 0 Å². The van der Waals surface area contributed by atoms with Crippen molar-refractivity contribution in [3.05, 3.63) is 11.9 Å². The van der Waals surface area contributed by atoms with Crippen LogP contribution in [0.1, 0.15) is 43.6 Å². The van der Waals surface area contributed by atoms with E-state index >= 15 is 0 Å². The Morgan fingerprint density at radius 3 is 2.80 bits per heavy atom. The van der Waals surface area contributed by atoms with E-state index in [1.165, 1.54) is 6.42 Å². The fraction of sp³-hybridized carbons (Fsp3) is 0.769. The molecule has 112 valence electrons. The van der Waals surface area contributed by atoms with Gasteiger partial charge < -0.3 is 4.74 Å². The van der Waals surface area contributed by atoms with E-state index in [9.17, 15) is 4.79 Å². The second kappa shape index (κ2) is 6.81. The molecule has 1 aliphatic rings. The van der Waals surface area contributed by atoms with Crippen LogP contribution in [0.2, 0.25) is 0 Å². The Kier molecular flexibility index (Phi) is 5.08. The number of hydrogen-bond acceptors (Lipinski definition) is 5. The highest BCUT2D eigenvalue weighted by Crippen LogP contribution is 2.30. The monoisotopic (exact) mass is 281 g/mol. The van der Waals surface area contributed by atoms with E-state index in [1.54, 1.807) is 10.9 Å². The Morgan fingerprint density at radius 2 is 2.15 bits per heavy atom. The summed E-state index contributed by atoms with van der Waals surface area (Å²) in [5.74, 6) is 6.06. The number of aromatic nitrogens is 3. The summed E-state index contributed by atoms with van der Waals surface area (Å²) in [6, 6.07) is 0. The number of nitrogens with two attached hydrogens (primary N) is 1. The van der Waals surface area contributed by atoms with Gasteiger partial charge in [0.05, 0.1) is 25.5 Å². The molecular formula is C13H23N5O2. The van der Waals surface area contributed by atoms with Gasteiger partial charge in [0.25, 0.3) is 5.91 Å². The highest BCUT2D eigenvalue weighted by molar-refractivity contribution is 5.91. The van der Waals surface area contributed by atoms with E-state index in [2.05, 4.69) is 24.2 Å². The number of nitrogens with one attached hydrogen (secondary N) is 1. The minimum absolute atomic E-state index is 0.215. The molecule has 0 bridgehead atoms. The third-order valence-electron chi connectivity index (χ3n) is 3.71. The Morgan fingerprint density at radius 1 is 1.45 bits per heavy atom. The maximum Gasteiger partial charge on any atom is 0.287 e. The van der Waals surface area contributed by atoms with Crippen molar-refractivity contribution in [3.8, 4) is 0 Å². The van der Waals surface area contributed by atoms with E-state index in [-0.39, 0.29) is 5.69 Å². The molecule has 1 saturated carbocycles. The van der Waals surface area contributed by atoms with Crippen molar-refractivity contribution >= 4 is 5.91 Å². The molecular weight excluding hydrogens is 258 g/mol. The number of hydrazine groups is 1. The van der Waals surface area contributed by atoms with Gasteiger partial charge in [0.2, 0.25) is 0 Å². The Balaban J connectivity index is 1.75. The van der Waals surface area contributed by atoms with Crippen molar-refractivity contribution in [1.29, 1.82) is 0 Å². The topological polar surface area (TPSA) is 95.1 Å². The third kappa shape index (κ3) is 4.01. The number of rotatable bonds is 5. The number of carbonyl (C=O) groups excluding carboxylic acids is 1. The van der Waals surface area contributed by atoms with Gasteiger partial charge in [-0.1, -0.05) is 19.1 Å². The zero-order valence-corrected chi connectivity index (χ0v) is 12.1. The second-order valence-electron chi connectivity index (χ2n) is 5.75. The Bertz CT molecular complexity index is 438. The van der Waals surface area contributed by atoms with Crippen LogP contribution in [-0.2, 0) is 11.3 Å². The van der Waals surface area contributed by atoms with E-state index in [0.29, 0.717) is 19.3 Å². The summed E-state index contributed by atoms with van der Waals surface area (Å²) in [6.07, 6.45) is 5.45. The molecule has 2 unspecified atom stereocenters. The highest BCUT2D eigenvalue weighted by Gasteiger charge is 2.24. The van der Waals surface area contributed by atoms with Gasteiger partial charge in [-0.15, -0.1) is 5.10 Å². The Labute approximate surface area is 118 Å². The first-order valence-electron chi connectivity index (χ1n) is 7.11. The number of ether oxygens (including phenoxy) is 1. The van der Waals surface area contributed by atoms with Crippen LogP contribution in [0, 0.1) is 11.8 Å². The largest absolute Gasteiger partial charge is 0.376 e. The SMILES string of the molecule is CC1CC(C)CC(OCCn2cc(C(=O)NN)nn2)C1. The van der Waals surface area contributed by atoms with Crippen LogP contribution in [0.25, 0.3) is 0 Å². The van der Waals surface area contributed by atoms with E-state index in [1.807, 2.05) is 5.43 Å². The van der Waals surface area contributed by atoms with Crippen molar-refractivity contribution in [2.24, 2.45) is 17.7 Å². The molecule has 1 heterocycles. The second-order valence-corrected chi connectivity index (χ2v) is 5.75. The smallest absolute Gasteiger partial charge is 0.287 e. The molecule has 7 nitrogen and oxygen atoms in total. The first kappa shape index (κ1) is 14.9. The maximum atomic E-state index is 11.2. The van der Waals surface area contributed by atoms with Gasteiger partial charge in [0, 0.05) is 0 Å². The average Bonchev–Trinajstić information content (AvgIpc) is 2.85. The predicted octanol–water partition coefficient (Wildman–Crippen LogP) is 0.723. The summed E-state index contributed by atoms with van der Waals surface area (Å²) in [5.41, 5.74) is 2.24. The van der Waals surface area contributed by atoms with Gasteiger partial charge >= 0.3 is 0 Å². The van der Waals surface area contributed by atoms with E-state index in [4.69, 9.17) is 10.6 Å². The average molecular weight is 281 g/mol. The fourth-order valence-electron chi connectivity index (χ4n) is 2.91. The van der Waals surface area contributed by atoms with Crippen LogP contribution < -0.4 is 11.3 Å². The standard InChI is InChI=1S/C13H23N5O2/c1-9-5-10(2)7-11(6-9)20-4-3-18-8-12(16-17-18)13(19)15-14/h8-11H,3-7,14H2,1-2H3,(H,15,19). The number of nitrogen functional groups attached to an aromatic ring is 1. The minimum atomic E-state index is -0.438. The molecule has 0 radical (unpaired) electrons. The molecule has 1 aromatic rings. The number of hydrogen-bond donors (Lipinski definition) is 2. The van der Waals surface area contributed by atoms with Crippen LogP contribution in [-0.4, -0.2) is 33.6 Å². The molecule has 0 saturated heterocycles. The lowest BCUT2D eigenvalue weighted by Crippen LogP contribution is -2.30. The van der Waals surface area contributed by atoms with Crippen molar-refractivity contribution < 1.29 is 9.53 Å².